The van der Waals surface area contributed by atoms with Gasteiger partial charge >= 0.3 is 0 Å². The van der Waals surface area contributed by atoms with Crippen molar-refractivity contribution in [2.75, 3.05) is 16.0 Å². The van der Waals surface area contributed by atoms with Gasteiger partial charge in [-0.05, 0) is 51.5 Å². The molecule has 0 aliphatic heterocycles. The molecule has 9 rings (SSSR count). The van der Waals surface area contributed by atoms with Crippen LogP contribution in [0.15, 0.2) is 85.4 Å². The second-order valence-electron chi connectivity index (χ2n) is 11.6. The van der Waals surface area contributed by atoms with Gasteiger partial charge in [0.25, 0.3) is 0 Å². The molecule has 0 aliphatic carbocycles. The first kappa shape index (κ1) is 37.5. The Hall–Kier alpha value is -6.84. The number of aromatic nitrogens is 14. The van der Waals surface area contributed by atoms with E-state index in [0.717, 1.165) is 53.8 Å². The summed E-state index contributed by atoms with van der Waals surface area (Å²) in [5.41, 5.74) is 6.66. The highest BCUT2D eigenvalue weighted by molar-refractivity contribution is 7.16. The van der Waals surface area contributed by atoms with Crippen molar-refractivity contribution in [3.8, 4) is 33.8 Å². The molecule has 0 fully saturated rings. The average Bonchev–Trinajstić information content (AvgIpc) is 4.05. The number of hydrogen-bond donors (Lipinski definition) is 6. The summed E-state index contributed by atoms with van der Waals surface area (Å²) < 4.78 is 13.3. The fourth-order valence-corrected chi connectivity index (χ4v) is 7.18. The molecule has 21 heteroatoms. The summed E-state index contributed by atoms with van der Waals surface area (Å²) in [6.07, 6.45) is 15.6. The number of pyridine rings is 1. The molecule has 0 amide bonds. The molecule has 0 unspecified atom stereocenters. The molecule has 56 heavy (non-hydrogen) atoms. The molecule has 9 aromatic rings. The van der Waals surface area contributed by atoms with Crippen LogP contribution in [-0.4, -0.2) is 70.5 Å². The summed E-state index contributed by atoms with van der Waals surface area (Å²) in [5, 5.41) is 32.6. The summed E-state index contributed by atoms with van der Waals surface area (Å²) >= 11 is 4.52. The van der Waals surface area contributed by atoms with E-state index in [4.69, 9.17) is 0 Å². The van der Waals surface area contributed by atoms with Gasteiger partial charge in [0.15, 0.2) is 15.4 Å². The number of nitrogens with one attached hydrogen (secondary N) is 6. The van der Waals surface area contributed by atoms with Crippen LogP contribution in [0.25, 0.3) is 33.8 Å². The number of rotatable bonds is 9. The van der Waals surface area contributed by atoms with E-state index in [-0.39, 0.29) is 0 Å². The van der Waals surface area contributed by atoms with Crippen molar-refractivity contribution >= 4 is 67.1 Å². The summed E-state index contributed by atoms with van der Waals surface area (Å²) in [6.45, 7) is 7.94. The largest absolute Gasteiger partial charge is 0.316 e. The predicted octanol–water partition coefficient (Wildman–Crippen LogP) is 8.18. The van der Waals surface area contributed by atoms with Crippen molar-refractivity contribution in [3.63, 3.8) is 0 Å². The topological polar surface area (TPSA) is 225 Å². The minimum atomic E-state index is -0.551. The zero-order valence-corrected chi connectivity index (χ0v) is 32.6. The highest BCUT2D eigenvalue weighted by atomic mass is 32.1. The van der Waals surface area contributed by atoms with Crippen molar-refractivity contribution in [1.29, 1.82) is 0 Å². The van der Waals surface area contributed by atoms with E-state index in [1.165, 1.54) is 17.5 Å². The quantitative estimate of drug-likeness (QED) is 0.0809. The molecule has 0 spiro atoms. The van der Waals surface area contributed by atoms with Gasteiger partial charge in [0.2, 0.25) is 17.8 Å². The normalized spacial score (nSPS) is 10.6. The highest BCUT2D eigenvalue weighted by Crippen LogP contribution is 2.32. The van der Waals surface area contributed by atoms with Crippen molar-refractivity contribution < 1.29 is 4.39 Å². The molecular formula is C35H32FN17S3. The Morgan fingerprint density at radius 3 is 1.88 bits per heavy atom. The van der Waals surface area contributed by atoms with Crippen LogP contribution >= 0.6 is 34.0 Å². The number of aryl methyl sites for hydroxylation is 4. The van der Waals surface area contributed by atoms with Crippen LogP contribution in [0, 0.1) is 33.6 Å². The maximum atomic E-state index is 13.3. The SMILES string of the molecule is Cc1ccnc(Nc2nc(-c3cn[nH]c3)c(C)s2)n1.Cc1cnc(Nc2nc(-c3cn[nH]c3)c(C)s2)nc1.Fc1n[nH]cc1-c1csc(Nc2ccccn2)n1. The number of halogens is 1. The Kier molecular flexibility index (Phi) is 11.7. The fraction of sp³-hybridized carbons (Fsp3) is 0.114. The van der Waals surface area contributed by atoms with E-state index < -0.39 is 5.95 Å². The molecule has 17 nitrogen and oxygen atoms in total. The van der Waals surface area contributed by atoms with E-state index in [1.54, 1.807) is 65.2 Å². The maximum Gasteiger partial charge on any atom is 0.241 e. The molecule has 9 heterocycles. The molecule has 0 saturated heterocycles. The van der Waals surface area contributed by atoms with Crippen molar-refractivity contribution in [3.05, 3.63) is 112 Å². The lowest BCUT2D eigenvalue weighted by atomic mass is 10.2. The summed E-state index contributed by atoms with van der Waals surface area (Å²) in [4.78, 5) is 36.6. The maximum absolute atomic E-state index is 13.3. The molecule has 6 N–H and O–H groups in total. The summed E-state index contributed by atoms with van der Waals surface area (Å²) in [5.74, 6) is 1.27. The van der Waals surface area contributed by atoms with Crippen molar-refractivity contribution in [2.24, 2.45) is 0 Å². The molecule has 0 aromatic carbocycles. The molecule has 0 atom stereocenters. The summed E-state index contributed by atoms with van der Waals surface area (Å²) in [6, 6.07) is 7.40. The minimum absolute atomic E-state index is 0.361. The van der Waals surface area contributed by atoms with Crippen LogP contribution in [0.5, 0.6) is 0 Å². The van der Waals surface area contributed by atoms with E-state index in [2.05, 4.69) is 86.4 Å². The van der Waals surface area contributed by atoms with Gasteiger partial charge in [-0.2, -0.15) is 14.6 Å². The Morgan fingerprint density at radius 2 is 1.30 bits per heavy atom. The molecular weight excluding hydrogens is 774 g/mol. The zero-order valence-electron chi connectivity index (χ0n) is 30.1. The first-order chi connectivity index (χ1) is 27.3. The van der Waals surface area contributed by atoms with Crippen molar-refractivity contribution in [2.45, 2.75) is 27.7 Å². The highest BCUT2D eigenvalue weighted by Gasteiger charge is 2.14. The third-order valence-electron chi connectivity index (χ3n) is 7.42. The standard InChI is InChI=1S/2C12H12N6S.C11H8FN5S/c1-7-3-13-11(14-4-7)18-12-17-10(8(2)19-12)9-5-15-16-6-9;1-7-3-4-13-11(16-7)18-12-17-10(8(2)19-12)9-5-14-15-6-9;12-10-7(5-14-17-10)8-6-18-11(15-8)16-9-3-1-2-4-13-9/h3-6H,1-2H3,(H,15,16)(H,13,14,17,18);3-6H,1-2H3,(H,14,15)(H,13,16,17,18);1-6H,(H,14,17)(H,13,15,16). The van der Waals surface area contributed by atoms with Crippen LogP contribution in [0.4, 0.5) is 37.5 Å². The van der Waals surface area contributed by atoms with Gasteiger partial charge in [-0.15, -0.1) is 39.1 Å². The molecule has 0 saturated carbocycles. The minimum Gasteiger partial charge on any atom is -0.316 e. The lowest BCUT2D eigenvalue weighted by Crippen LogP contribution is -1.97. The van der Waals surface area contributed by atoms with E-state index in [9.17, 15) is 4.39 Å². The molecule has 9 aromatic heterocycles. The first-order valence-corrected chi connectivity index (χ1v) is 19.2. The Bertz CT molecular complexity index is 2580. The van der Waals surface area contributed by atoms with Gasteiger partial charge in [-0.25, -0.2) is 39.9 Å². The zero-order chi connectivity index (χ0) is 38.9. The lowest BCUT2D eigenvalue weighted by Gasteiger charge is -2.00. The molecule has 282 valence electrons. The van der Waals surface area contributed by atoms with E-state index in [1.807, 2.05) is 64.4 Å². The van der Waals surface area contributed by atoms with Gasteiger partial charge in [-0.1, -0.05) is 6.07 Å². The number of thiazole rings is 3. The van der Waals surface area contributed by atoms with Crippen LogP contribution in [0.2, 0.25) is 0 Å². The van der Waals surface area contributed by atoms with E-state index >= 15 is 0 Å². The summed E-state index contributed by atoms with van der Waals surface area (Å²) in [7, 11) is 0. The Labute approximate surface area is 330 Å². The van der Waals surface area contributed by atoms with Gasteiger partial charge in [0.1, 0.15) is 5.82 Å². The smallest absolute Gasteiger partial charge is 0.241 e. The Morgan fingerprint density at radius 1 is 0.625 bits per heavy atom. The van der Waals surface area contributed by atoms with Crippen LogP contribution in [0.3, 0.4) is 0 Å². The van der Waals surface area contributed by atoms with Crippen LogP contribution < -0.4 is 16.0 Å². The number of anilines is 6. The first-order valence-electron chi connectivity index (χ1n) is 16.7. The monoisotopic (exact) mass is 805 g/mol. The third kappa shape index (κ3) is 9.63. The molecule has 0 radical (unpaired) electrons. The van der Waals surface area contributed by atoms with Gasteiger partial charge in [0, 0.05) is 75.3 Å². The molecule has 0 bridgehead atoms. The fourth-order valence-electron chi connectivity index (χ4n) is 4.81. The van der Waals surface area contributed by atoms with Gasteiger partial charge in [0.05, 0.1) is 35.0 Å². The second kappa shape index (κ2) is 17.5. The van der Waals surface area contributed by atoms with Crippen LogP contribution in [-0.2, 0) is 0 Å². The predicted molar refractivity (Wildman–Crippen MR) is 216 cm³/mol. The van der Waals surface area contributed by atoms with E-state index in [0.29, 0.717) is 34.1 Å². The average molecular weight is 806 g/mol. The van der Waals surface area contributed by atoms with Gasteiger partial charge < -0.3 is 16.0 Å². The molecule has 0 aliphatic rings. The number of aromatic amines is 3. The Balaban J connectivity index is 0.000000129. The van der Waals surface area contributed by atoms with Crippen LogP contribution in [0.1, 0.15) is 21.0 Å². The lowest BCUT2D eigenvalue weighted by molar-refractivity contribution is 0.581. The third-order valence-corrected chi connectivity index (χ3v) is 9.95. The second-order valence-corrected chi connectivity index (χ2v) is 14.9. The number of H-pyrrole nitrogens is 3. The number of hydrogen-bond acceptors (Lipinski definition) is 17. The number of nitrogens with zero attached hydrogens (tertiary/aromatic N) is 11. The van der Waals surface area contributed by atoms with Gasteiger partial charge in [-0.3, -0.25) is 15.3 Å². The van der Waals surface area contributed by atoms with Crippen molar-refractivity contribution in [1.82, 2.24) is 70.5 Å².